The number of halogens is 2. The zero-order valence-corrected chi connectivity index (χ0v) is 16.9. The van der Waals surface area contributed by atoms with Crippen molar-refractivity contribution in [2.75, 3.05) is 38.6 Å². The maximum Gasteiger partial charge on any atom is 0.344 e. The molecule has 2 N–H and O–H groups in total. The number of benzene rings is 1. The molecule has 2 aromatic rings. The Bertz CT molecular complexity index is 987. The lowest BCUT2D eigenvalue weighted by molar-refractivity contribution is -0.142. The topological polar surface area (TPSA) is 117 Å². The van der Waals surface area contributed by atoms with E-state index in [-0.39, 0.29) is 30.4 Å². The van der Waals surface area contributed by atoms with E-state index in [9.17, 15) is 23.2 Å². The molecule has 1 fully saturated rings. The summed E-state index contributed by atoms with van der Waals surface area (Å²) in [5, 5.41) is 4.29. The van der Waals surface area contributed by atoms with Crippen molar-refractivity contribution < 1.29 is 32.6 Å². The number of morpholine rings is 1. The third-order valence-corrected chi connectivity index (χ3v) is 4.84. The minimum Gasteiger partial charge on any atom is -0.454 e. The summed E-state index contributed by atoms with van der Waals surface area (Å²) in [6.07, 6.45) is 0.355. The monoisotopic (exact) mass is 436 g/mol. The van der Waals surface area contributed by atoms with Crippen molar-refractivity contribution in [2.24, 2.45) is 0 Å². The number of nitrogen functional groups attached to an aromatic ring is 1. The minimum atomic E-state index is -1.04. The van der Waals surface area contributed by atoms with Crippen molar-refractivity contribution in [1.82, 2.24) is 14.7 Å². The minimum absolute atomic E-state index is 0.0161. The van der Waals surface area contributed by atoms with E-state index in [1.807, 2.05) is 0 Å². The Kier molecular flexibility index (Phi) is 6.95. The normalized spacial score (nSPS) is 14.0. The standard InChI is InChI=1S/C20H22F2N4O5/c1-2-14-18(19(23)26(24-14)7-6-25-8-9-30-11-16(25)28)20(29)31-10-15(27)17-12(21)4-3-5-13(17)22/h3-5H,2,6-11,23H2,1H3. The number of ether oxygens (including phenoxy) is 2. The van der Waals surface area contributed by atoms with E-state index < -0.39 is 35.6 Å². The van der Waals surface area contributed by atoms with Crippen molar-refractivity contribution in [3.8, 4) is 0 Å². The van der Waals surface area contributed by atoms with Crippen LogP contribution in [-0.2, 0) is 27.2 Å². The van der Waals surface area contributed by atoms with Gasteiger partial charge in [-0.3, -0.25) is 9.59 Å². The lowest BCUT2D eigenvalue weighted by Crippen LogP contribution is -2.43. The molecule has 9 nitrogen and oxygen atoms in total. The number of amides is 1. The van der Waals surface area contributed by atoms with Crippen LogP contribution in [0.4, 0.5) is 14.6 Å². The van der Waals surface area contributed by atoms with Crippen LogP contribution in [0.25, 0.3) is 0 Å². The molecule has 31 heavy (non-hydrogen) atoms. The number of ketones is 1. The molecule has 0 aliphatic carbocycles. The highest BCUT2D eigenvalue weighted by molar-refractivity contribution is 6.01. The summed E-state index contributed by atoms with van der Waals surface area (Å²) < 4.78 is 38.9. The summed E-state index contributed by atoms with van der Waals surface area (Å²) in [5.74, 6) is -4.15. The van der Waals surface area contributed by atoms with Crippen LogP contribution in [-0.4, -0.2) is 65.3 Å². The van der Waals surface area contributed by atoms with E-state index in [0.717, 1.165) is 18.2 Å². The fourth-order valence-electron chi connectivity index (χ4n) is 3.21. The predicted molar refractivity (Wildman–Crippen MR) is 104 cm³/mol. The summed E-state index contributed by atoms with van der Waals surface area (Å²) in [7, 11) is 0. The van der Waals surface area contributed by atoms with Crippen molar-refractivity contribution in [2.45, 2.75) is 19.9 Å². The van der Waals surface area contributed by atoms with Gasteiger partial charge in [-0.15, -0.1) is 0 Å². The fourth-order valence-corrected chi connectivity index (χ4v) is 3.21. The Hall–Kier alpha value is -3.34. The van der Waals surface area contributed by atoms with Crippen LogP contribution in [0.2, 0.25) is 0 Å². The number of carbonyl (C=O) groups excluding carboxylic acids is 3. The number of hydrogen-bond acceptors (Lipinski definition) is 7. The maximum atomic E-state index is 13.7. The molecule has 1 amide bonds. The number of carbonyl (C=O) groups is 3. The number of nitrogens with two attached hydrogens (primary N) is 1. The third-order valence-electron chi connectivity index (χ3n) is 4.84. The molecule has 166 valence electrons. The molecular weight excluding hydrogens is 414 g/mol. The van der Waals surface area contributed by atoms with Gasteiger partial charge in [0.05, 0.1) is 24.4 Å². The Morgan fingerprint density at radius 1 is 1.23 bits per heavy atom. The Morgan fingerprint density at radius 3 is 2.58 bits per heavy atom. The number of rotatable bonds is 8. The first-order valence-electron chi connectivity index (χ1n) is 9.68. The molecule has 1 aromatic carbocycles. The molecular formula is C20H22F2N4O5. The maximum absolute atomic E-state index is 13.7. The van der Waals surface area contributed by atoms with Gasteiger partial charge in [0.15, 0.2) is 6.61 Å². The number of aromatic nitrogens is 2. The number of nitrogens with zero attached hydrogens (tertiary/aromatic N) is 3. The second-order valence-electron chi connectivity index (χ2n) is 6.81. The summed E-state index contributed by atoms with van der Waals surface area (Å²) in [5.41, 5.74) is 5.62. The lowest BCUT2D eigenvalue weighted by Gasteiger charge is -2.26. The van der Waals surface area contributed by atoms with E-state index in [4.69, 9.17) is 15.2 Å². The predicted octanol–water partition coefficient (Wildman–Crippen LogP) is 1.20. The average molecular weight is 436 g/mol. The van der Waals surface area contributed by atoms with Gasteiger partial charge in [-0.1, -0.05) is 13.0 Å². The molecule has 0 saturated carbocycles. The largest absolute Gasteiger partial charge is 0.454 e. The summed E-state index contributed by atoms with van der Waals surface area (Å²) >= 11 is 0. The summed E-state index contributed by atoms with van der Waals surface area (Å²) in [6.45, 7) is 2.39. The SMILES string of the molecule is CCc1nn(CCN2CCOCC2=O)c(N)c1C(=O)OCC(=O)c1c(F)cccc1F. The van der Waals surface area contributed by atoms with Gasteiger partial charge in [0.25, 0.3) is 0 Å². The van der Waals surface area contributed by atoms with E-state index in [0.29, 0.717) is 31.8 Å². The van der Waals surface area contributed by atoms with Gasteiger partial charge in [-0.25, -0.2) is 18.3 Å². The quantitative estimate of drug-likeness (QED) is 0.488. The van der Waals surface area contributed by atoms with Gasteiger partial charge in [-0.2, -0.15) is 5.10 Å². The zero-order valence-electron chi connectivity index (χ0n) is 16.9. The second-order valence-corrected chi connectivity index (χ2v) is 6.81. The Balaban J connectivity index is 1.69. The van der Waals surface area contributed by atoms with Crippen molar-refractivity contribution in [1.29, 1.82) is 0 Å². The van der Waals surface area contributed by atoms with Gasteiger partial charge < -0.3 is 20.1 Å². The van der Waals surface area contributed by atoms with E-state index in [1.165, 1.54) is 4.68 Å². The van der Waals surface area contributed by atoms with Crippen molar-refractivity contribution >= 4 is 23.5 Å². The van der Waals surface area contributed by atoms with E-state index >= 15 is 0 Å². The van der Waals surface area contributed by atoms with Crippen LogP contribution in [0, 0.1) is 11.6 Å². The molecule has 0 radical (unpaired) electrons. The van der Waals surface area contributed by atoms with E-state index in [2.05, 4.69) is 5.10 Å². The molecule has 0 bridgehead atoms. The second kappa shape index (κ2) is 9.65. The average Bonchev–Trinajstić information content (AvgIpc) is 3.07. The van der Waals surface area contributed by atoms with Crippen LogP contribution in [0.5, 0.6) is 0 Å². The summed E-state index contributed by atoms with van der Waals surface area (Å²) in [4.78, 5) is 38.1. The van der Waals surface area contributed by atoms with Gasteiger partial charge in [0.1, 0.15) is 29.6 Å². The zero-order chi connectivity index (χ0) is 22.5. The Labute approximate surface area is 176 Å². The first-order valence-corrected chi connectivity index (χ1v) is 9.68. The van der Waals surface area contributed by atoms with Gasteiger partial charge in [-0.05, 0) is 18.6 Å². The summed E-state index contributed by atoms with van der Waals surface area (Å²) in [6, 6.07) is 3.00. The number of anilines is 1. The number of Topliss-reactive ketones (excluding diaryl/α,β-unsaturated/α-hetero) is 1. The molecule has 0 spiro atoms. The number of esters is 1. The van der Waals surface area contributed by atoms with Gasteiger partial charge >= 0.3 is 5.97 Å². The molecule has 1 saturated heterocycles. The molecule has 0 unspecified atom stereocenters. The van der Waals surface area contributed by atoms with Crippen LogP contribution >= 0.6 is 0 Å². The third kappa shape index (κ3) is 4.88. The van der Waals surface area contributed by atoms with Crippen LogP contribution in [0.3, 0.4) is 0 Å². The first kappa shape index (κ1) is 22.3. The van der Waals surface area contributed by atoms with Crippen LogP contribution in [0.1, 0.15) is 33.3 Å². The van der Waals surface area contributed by atoms with Crippen molar-refractivity contribution in [3.05, 3.63) is 46.7 Å². The van der Waals surface area contributed by atoms with Crippen molar-refractivity contribution in [3.63, 3.8) is 0 Å². The smallest absolute Gasteiger partial charge is 0.344 e. The lowest BCUT2D eigenvalue weighted by atomic mass is 10.1. The molecule has 1 aliphatic heterocycles. The molecule has 3 rings (SSSR count). The van der Waals surface area contributed by atoms with E-state index in [1.54, 1.807) is 11.8 Å². The molecule has 1 aliphatic rings. The highest BCUT2D eigenvalue weighted by atomic mass is 19.1. The van der Waals surface area contributed by atoms with Gasteiger partial charge in [0, 0.05) is 13.1 Å². The molecule has 11 heteroatoms. The van der Waals surface area contributed by atoms with Crippen LogP contribution < -0.4 is 5.73 Å². The number of hydrogen-bond donors (Lipinski definition) is 1. The molecule has 2 heterocycles. The fraction of sp³-hybridized carbons (Fsp3) is 0.400. The highest BCUT2D eigenvalue weighted by Gasteiger charge is 2.26. The van der Waals surface area contributed by atoms with Gasteiger partial charge in [0.2, 0.25) is 11.7 Å². The molecule has 0 atom stereocenters. The van der Waals surface area contributed by atoms with Crippen LogP contribution in [0.15, 0.2) is 18.2 Å². The first-order chi connectivity index (χ1) is 14.8. The Morgan fingerprint density at radius 2 is 1.94 bits per heavy atom. The molecule has 1 aromatic heterocycles. The number of aryl methyl sites for hydroxylation is 1. The highest BCUT2D eigenvalue weighted by Crippen LogP contribution is 2.20.